The smallest absolute Gasteiger partial charge is 0.222 e. The Hall–Kier alpha value is -1.84. The lowest BCUT2D eigenvalue weighted by Crippen LogP contribution is -2.19. The Kier molecular flexibility index (Phi) is 2.67. The number of hydrogen-bond acceptors (Lipinski definition) is 2. The van der Waals surface area contributed by atoms with E-state index >= 15 is 0 Å². The third-order valence-electron chi connectivity index (χ3n) is 2.35. The lowest BCUT2D eigenvalue weighted by Gasteiger charge is -2.04. The van der Waals surface area contributed by atoms with Crippen molar-refractivity contribution in [1.29, 1.82) is 0 Å². The fourth-order valence-corrected chi connectivity index (χ4v) is 1.56. The van der Waals surface area contributed by atoms with Crippen LogP contribution >= 0.6 is 0 Å². The van der Waals surface area contributed by atoms with Crippen LogP contribution in [0.15, 0.2) is 35.3 Å². The highest BCUT2D eigenvalue weighted by Gasteiger charge is 2.20. The first-order valence-corrected chi connectivity index (χ1v) is 4.91. The largest absolute Gasteiger partial charge is 0.383 e. The van der Waals surface area contributed by atoms with Gasteiger partial charge < -0.3 is 11.1 Å². The molecule has 15 heavy (non-hydrogen) atoms. The average molecular weight is 203 g/mol. The fraction of sp³-hybridized carbons (Fsp3) is 0.273. The molecule has 1 aromatic carbocycles. The van der Waals surface area contributed by atoms with Crippen molar-refractivity contribution in [2.75, 3.05) is 6.54 Å². The number of carbonyl (C=O) groups is 1. The molecule has 0 aliphatic carbocycles. The summed E-state index contributed by atoms with van der Waals surface area (Å²) >= 11 is 0. The molecule has 0 spiro atoms. The summed E-state index contributed by atoms with van der Waals surface area (Å²) < 4.78 is 0. The number of amides is 1. The number of hydrogen-bond donors (Lipinski definition) is 2. The van der Waals surface area contributed by atoms with Gasteiger partial charge in [0.05, 0.1) is 12.5 Å². The van der Waals surface area contributed by atoms with Crippen LogP contribution in [0.1, 0.15) is 12.0 Å². The van der Waals surface area contributed by atoms with E-state index in [0.29, 0.717) is 18.8 Å². The first-order valence-electron chi connectivity index (χ1n) is 4.91. The van der Waals surface area contributed by atoms with Crippen molar-refractivity contribution < 1.29 is 4.79 Å². The summed E-state index contributed by atoms with van der Waals surface area (Å²) in [7, 11) is 0. The van der Waals surface area contributed by atoms with Crippen LogP contribution < -0.4 is 11.1 Å². The molecule has 1 aliphatic rings. The molecule has 1 fully saturated rings. The minimum Gasteiger partial charge on any atom is -0.383 e. The normalized spacial score (nSPS) is 21.5. The van der Waals surface area contributed by atoms with E-state index in [1.165, 1.54) is 0 Å². The summed E-state index contributed by atoms with van der Waals surface area (Å²) in [6.45, 7) is 0.590. The van der Waals surface area contributed by atoms with Crippen LogP contribution in [0.2, 0.25) is 0 Å². The maximum atomic E-state index is 11.0. The molecule has 1 heterocycles. The Bertz CT molecular complexity index is 386. The van der Waals surface area contributed by atoms with Crippen LogP contribution in [0.4, 0.5) is 0 Å². The molecule has 0 radical (unpaired) electrons. The molecule has 1 aromatic rings. The van der Waals surface area contributed by atoms with Gasteiger partial charge in [-0.25, -0.2) is 0 Å². The number of aliphatic imine (C=N–C) groups is 1. The molecule has 1 atom stereocenters. The van der Waals surface area contributed by atoms with E-state index in [2.05, 4.69) is 10.3 Å². The molecule has 1 amide bonds. The monoisotopic (exact) mass is 203 g/mol. The summed E-state index contributed by atoms with van der Waals surface area (Å²) in [5, 5.41) is 2.72. The first-order chi connectivity index (χ1) is 7.25. The predicted molar refractivity (Wildman–Crippen MR) is 58.6 cm³/mol. The molecule has 4 heteroatoms. The highest BCUT2D eigenvalue weighted by molar-refractivity contribution is 5.97. The van der Waals surface area contributed by atoms with Gasteiger partial charge in [-0.3, -0.25) is 9.79 Å². The van der Waals surface area contributed by atoms with Gasteiger partial charge in [-0.2, -0.15) is 0 Å². The number of nitrogens with one attached hydrogen (secondary N) is 1. The van der Waals surface area contributed by atoms with E-state index in [4.69, 9.17) is 5.73 Å². The molecular formula is C11H13N3O. The van der Waals surface area contributed by atoms with E-state index in [1.54, 1.807) is 0 Å². The van der Waals surface area contributed by atoms with Gasteiger partial charge in [0.1, 0.15) is 5.84 Å². The van der Waals surface area contributed by atoms with Gasteiger partial charge >= 0.3 is 0 Å². The zero-order valence-corrected chi connectivity index (χ0v) is 8.31. The second-order valence-electron chi connectivity index (χ2n) is 3.54. The van der Waals surface area contributed by atoms with Gasteiger partial charge in [-0.15, -0.1) is 0 Å². The summed E-state index contributed by atoms with van der Waals surface area (Å²) in [5.41, 5.74) is 6.73. The van der Waals surface area contributed by atoms with Crippen molar-refractivity contribution in [2.24, 2.45) is 10.7 Å². The molecule has 1 saturated heterocycles. The third-order valence-corrected chi connectivity index (χ3v) is 2.35. The van der Waals surface area contributed by atoms with Crippen molar-refractivity contribution in [2.45, 2.75) is 12.5 Å². The standard InChI is InChI=1S/C11H13N3O/c12-11(8-4-2-1-3-5-8)14-9-6-10(15)13-7-9/h1-5,9H,6-7H2,(H2,12,14)(H,13,15). The Morgan fingerprint density at radius 2 is 2.13 bits per heavy atom. The van der Waals surface area contributed by atoms with Crippen LogP contribution in [0.3, 0.4) is 0 Å². The molecular weight excluding hydrogens is 190 g/mol. The topological polar surface area (TPSA) is 67.5 Å². The van der Waals surface area contributed by atoms with Crippen LogP contribution in [0.5, 0.6) is 0 Å². The van der Waals surface area contributed by atoms with Gasteiger partial charge in [-0.1, -0.05) is 30.3 Å². The average Bonchev–Trinajstić information content (AvgIpc) is 2.65. The molecule has 4 nitrogen and oxygen atoms in total. The molecule has 0 bridgehead atoms. The van der Waals surface area contributed by atoms with Crippen molar-refractivity contribution in [3.8, 4) is 0 Å². The number of benzene rings is 1. The number of carbonyl (C=O) groups excluding carboxylic acids is 1. The van der Waals surface area contributed by atoms with Gasteiger partial charge in [0.15, 0.2) is 0 Å². The molecule has 1 unspecified atom stereocenters. The molecule has 0 saturated carbocycles. The van der Waals surface area contributed by atoms with Crippen molar-refractivity contribution in [1.82, 2.24) is 5.32 Å². The second kappa shape index (κ2) is 4.13. The van der Waals surface area contributed by atoms with E-state index in [-0.39, 0.29) is 11.9 Å². The van der Waals surface area contributed by atoms with Crippen LogP contribution in [-0.4, -0.2) is 24.3 Å². The fourth-order valence-electron chi connectivity index (χ4n) is 1.56. The maximum absolute atomic E-state index is 11.0. The van der Waals surface area contributed by atoms with Gasteiger partial charge in [-0.05, 0) is 0 Å². The molecule has 1 aliphatic heterocycles. The third kappa shape index (κ3) is 2.34. The first kappa shape index (κ1) is 9.71. The van der Waals surface area contributed by atoms with Crippen molar-refractivity contribution >= 4 is 11.7 Å². The number of nitrogens with two attached hydrogens (primary N) is 1. The molecule has 2 rings (SSSR count). The summed E-state index contributed by atoms with van der Waals surface area (Å²) in [4.78, 5) is 15.3. The molecule has 3 N–H and O–H groups in total. The van der Waals surface area contributed by atoms with Gasteiger partial charge in [0.25, 0.3) is 0 Å². The lowest BCUT2D eigenvalue weighted by molar-refractivity contribution is -0.119. The highest BCUT2D eigenvalue weighted by atomic mass is 16.1. The van der Waals surface area contributed by atoms with Gasteiger partial charge in [0.2, 0.25) is 5.91 Å². The van der Waals surface area contributed by atoms with Crippen molar-refractivity contribution in [3.63, 3.8) is 0 Å². The number of rotatable bonds is 2. The van der Waals surface area contributed by atoms with E-state index in [0.717, 1.165) is 5.56 Å². The highest BCUT2D eigenvalue weighted by Crippen LogP contribution is 2.06. The summed E-state index contributed by atoms with van der Waals surface area (Å²) in [5.74, 6) is 0.543. The number of amidine groups is 1. The number of nitrogens with zero attached hydrogens (tertiary/aromatic N) is 1. The Morgan fingerprint density at radius 3 is 2.73 bits per heavy atom. The quantitative estimate of drug-likeness (QED) is 0.535. The Balaban J connectivity index is 2.11. The molecule has 78 valence electrons. The van der Waals surface area contributed by atoms with E-state index < -0.39 is 0 Å². The van der Waals surface area contributed by atoms with Crippen LogP contribution in [0.25, 0.3) is 0 Å². The van der Waals surface area contributed by atoms with E-state index in [1.807, 2.05) is 30.3 Å². The maximum Gasteiger partial charge on any atom is 0.222 e. The molecule has 0 aromatic heterocycles. The van der Waals surface area contributed by atoms with Crippen molar-refractivity contribution in [3.05, 3.63) is 35.9 Å². The SMILES string of the molecule is NC(=NC1CNC(=O)C1)c1ccccc1. The minimum absolute atomic E-state index is 0.0160. The Morgan fingerprint density at radius 1 is 1.40 bits per heavy atom. The summed E-state index contributed by atoms with van der Waals surface area (Å²) in [6.07, 6.45) is 0.438. The van der Waals surface area contributed by atoms with Gasteiger partial charge in [0, 0.05) is 12.1 Å². The zero-order valence-electron chi connectivity index (χ0n) is 8.31. The minimum atomic E-state index is -0.0160. The summed E-state index contributed by atoms with van der Waals surface area (Å²) in [6, 6.07) is 9.55. The Labute approximate surface area is 88.2 Å². The van der Waals surface area contributed by atoms with Crippen LogP contribution in [-0.2, 0) is 4.79 Å². The second-order valence-corrected chi connectivity index (χ2v) is 3.54. The zero-order chi connectivity index (χ0) is 10.7. The van der Waals surface area contributed by atoms with Crippen LogP contribution in [0, 0.1) is 0 Å². The predicted octanol–water partition coefficient (Wildman–Crippen LogP) is 0.280. The van der Waals surface area contributed by atoms with E-state index in [9.17, 15) is 4.79 Å². The lowest BCUT2D eigenvalue weighted by atomic mass is 10.2.